The van der Waals surface area contributed by atoms with Crippen molar-refractivity contribution in [2.75, 3.05) is 37.3 Å². The summed E-state index contributed by atoms with van der Waals surface area (Å²) in [6.45, 7) is 5.89. The molecule has 1 aliphatic rings. The number of aryl methyl sites for hydroxylation is 1. The van der Waals surface area contributed by atoms with Gasteiger partial charge in [0, 0.05) is 17.8 Å². The van der Waals surface area contributed by atoms with Crippen LogP contribution in [0.15, 0.2) is 48.5 Å². The molecule has 31 heavy (non-hydrogen) atoms. The molecular formula is C23H28N6O2. The van der Waals surface area contributed by atoms with E-state index in [1.165, 1.54) is 32.4 Å². The maximum atomic E-state index is 12.7. The van der Waals surface area contributed by atoms with Crippen LogP contribution in [0, 0.1) is 6.92 Å². The number of rotatable bonds is 7. The predicted molar refractivity (Wildman–Crippen MR) is 121 cm³/mol. The molecule has 3 N–H and O–H groups in total. The van der Waals surface area contributed by atoms with Gasteiger partial charge in [0.05, 0.1) is 0 Å². The van der Waals surface area contributed by atoms with Gasteiger partial charge in [0.2, 0.25) is 11.9 Å². The fourth-order valence-corrected chi connectivity index (χ4v) is 3.67. The molecule has 0 spiro atoms. The van der Waals surface area contributed by atoms with Crippen LogP contribution in [0.5, 0.6) is 5.75 Å². The Kier molecular flexibility index (Phi) is 6.47. The van der Waals surface area contributed by atoms with E-state index in [-0.39, 0.29) is 17.8 Å². The van der Waals surface area contributed by atoms with Gasteiger partial charge in [0.1, 0.15) is 12.4 Å². The number of anilines is 3. The Balaban J connectivity index is 1.34. The molecule has 3 aromatic rings. The summed E-state index contributed by atoms with van der Waals surface area (Å²) in [6, 6.07) is 14.8. The molecule has 2 heterocycles. The lowest BCUT2D eigenvalue weighted by molar-refractivity contribution is 0.0948. The summed E-state index contributed by atoms with van der Waals surface area (Å²) in [4.78, 5) is 19.3. The van der Waals surface area contributed by atoms with E-state index in [4.69, 9.17) is 10.5 Å². The maximum Gasteiger partial charge on any atom is 0.281 e. The fourth-order valence-electron chi connectivity index (χ4n) is 3.67. The molecule has 4 rings (SSSR count). The molecule has 0 bridgehead atoms. The minimum absolute atomic E-state index is 0.0340. The first-order valence-electron chi connectivity index (χ1n) is 10.6. The number of nitrogens with one attached hydrogen (secondary N) is 1. The van der Waals surface area contributed by atoms with Crippen molar-refractivity contribution in [3.05, 3.63) is 59.7 Å². The Morgan fingerprint density at radius 1 is 1.13 bits per heavy atom. The van der Waals surface area contributed by atoms with Gasteiger partial charge in [-0.1, -0.05) is 24.1 Å². The third kappa shape index (κ3) is 5.40. The van der Waals surface area contributed by atoms with Gasteiger partial charge in [0.15, 0.2) is 0 Å². The van der Waals surface area contributed by atoms with E-state index in [1.807, 2.05) is 43.3 Å². The van der Waals surface area contributed by atoms with E-state index in [0.29, 0.717) is 12.2 Å². The van der Waals surface area contributed by atoms with Gasteiger partial charge in [0.25, 0.3) is 5.91 Å². The van der Waals surface area contributed by atoms with Gasteiger partial charge >= 0.3 is 0 Å². The second kappa shape index (κ2) is 9.61. The van der Waals surface area contributed by atoms with Crippen LogP contribution in [-0.2, 0) is 0 Å². The van der Waals surface area contributed by atoms with Crippen LogP contribution in [0.2, 0.25) is 0 Å². The average Bonchev–Trinajstić information content (AvgIpc) is 3.15. The number of ether oxygens (including phenoxy) is 1. The molecule has 162 valence electrons. The highest BCUT2D eigenvalue weighted by Gasteiger charge is 2.16. The van der Waals surface area contributed by atoms with E-state index < -0.39 is 0 Å². The van der Waals surface area contributed by atoms with Crippen LogP contribution in [0.1, 0.15) is 35.2 Å². The van der Waals surface area contributed by atoms with E-state index in [0.717, 1.165) is 28.2 Å². The molecule has 1 fully saturated rings. The summed E-state index contributed by atoms with van der Waals surface area (Å²) >= 11 is 0. The van der Waals surface area contributed by atoms with Gasteiger partial charge in [-0.3, -0.25) is 9.69 Å². The van der Waals surface area contributed by atoms with Crippen molar-refractivity contribution in [1.29, 1.82) is 0 Å². The minimum atomic E-state index is -0.320. The molecule has 0 radical (unpaired) electrons. The molecular weight excluding hydrogens is 392 g/mol. The molecule has 0 aliphatic carbocycles. The van der Waals surface area contributed by atoms with E-state index >= 15 is 0 Å². The SMILES string of the molecule is Cc1cccc(C(=O)n2nc(Nc3ccc(OCCN4CCCCC4)cc3)nc2N)c1. The zero-order valence-corrected chi connectivity index (χ0v) is 17.8. The summed E-state index contributed by atoms with van der Waals surface area (Å²) < 4.78 is 6.96. The van der Waals surface area contributed by atoms with Gasteiger partial charge in [-0.15, -0.1) is 5.10 Å². The number of benzene rings is 2. The van der Waals surface area contributed by atoms with Crippen molar-refractivity contribution >= 4 is 23.5 Å². The van der Waals surface area contributed by atoms with Crippen molar-refractivity contribution in [2.45, 2.75) is 26.2 Å². The highest BCUT2D eigenvalue weighted by atomic mass is 16.5. The van der Waals surface area contributed by atoms with Crippen molar-refractivity contribution in [3.8, 4) is 5.75 Å². The van der Waals surface area contributed by atoms with Gasteiger partial charge in [-0.2, -0.15) is 9.67 Å². The molecule has 8 nitrogen and oxygen atoms in total. The summed E-state index contributed by atoms with van der Waals surface area (Å²) in [5, 5.41) is 7.30. The third-order valence-electron chi connectivity index (χ3n) is 5.32. The number of nitrogen functional groups attached to an aromatic ring is 1. The van der Waals surface area contributed by atoms with Crippen LogP contribution in [0.3, 0.4) is 0 Å². The number of piperidine rings is 1. The summed E-state index contributed by atoms with van der Waals surface area (Å²) in [7, 11) is 0. The van der Waals surface area contributed by atoms with Crippen LogP contribution in [0.25, 0.3) is 0 Å². The average molecular weight is 421 g/mol. The molecule has 2 aromatic carbocycles. The van der Waals surface area contributed by atoms with Crippen LogP contribution >= 0.6 is 0 Å². The lowest BCUT2D eigenvalue weighted by atomic mass is 10.1. The number of nitrogens with zero attached hydrogens (tertiary/aromatic N) is 4. The smallest absolute Gasteiger partial charge is 0.281 e. The summed E-state index contributed by atoms with van der Waals surface area (Å²) in [6.07, 6.45) is 3.90. The van der Waals surface area contributed by atoms with Gasteiger partial charge < -0.3 is 15.8 Å². The van der Waals surface area contributed by atoms with E-state index in [9.17, 15) is 4.79 Å². The number of nitrogens with two attached hydrogens (primary N) is 1. The van der Waals surface area contributed by atoms with Crippen molar-refractivity contribution < 1.29 is 9.53 Å². The van der Waals surface area contributed by atoms with Gasteiger partial charge in [-0.25, -0.2) is 0 Å². The maximum absolute atomic E-state index is 12.7. The summed E-state index contributed by atoms with van der Waals surface area (Å²) in [5.74, 6) is 0.790. The number of carbonyl (C=O) groups is 1. The zero-order valence-electron chi connectivity index (χ0n) is 17.8. The highest BCUT2D eigenvalue weighted by Crippen LogP contribution is 2.20. The first-order chi connectivity index (χ1) is 15.1. The molecule has 1 aromatic heterocycles. The van der Waals surface area contributed by atoms with Crippen molar-refractivity contribution in [3.63, 3.8) is 0 Å². The lowest BCUT2D eigenvalue weighted by Crippen LogP contribution is -2.33. The Hall–Kier alpha value is -3.39. The summed E-state index contributed by atoms with van der Waals surface area (Å²) in [5.41, 5.74) is 8.19. The zero-order chi connectivity index (χ0) is 21.6. The Bertz CT molecular complexity index is 1020. The van der Waals surface area contributed by atoms with E-state index in [1.54, 1.807) is 12.1 Å². The predicted octanol–water partition coefficient (Wildman–Crippen LogP) is 3.47. The normalized spacial score (nSPS) is 14.4. The molecule has 1 aliphatic heterocycles. The Morgan fingerprint density at radius 3 is 2.65 bits per heavy atom. The first kappa shape index (κ1) is 20.9. The molecule has 0 amide bonds. The number of likely N-dealkylation sites (tertiary alicyclic amines) is 1. The second-order valence-corrected chi connectivity index (χ2v) is 7.78. The lowest BCUT2D eigenvalue weighted by Gasteiger charge is -2.26. The fraction of sp³-hybridized carbons (Fsp3) is 0.348. The number of aromatic nitrogens is 3. The third-order valence-corrected chi connectivity index (χ3v) is 5.32. The van der Waals surface area contributed by atoms with E-state index in [2.05, 4.69) is 20.3 Å². The molecule has 0 saturated carbocycles. The highest BCUT2D eigenvalue weighted by molar-refractivity contribution is 5.97. The first-order valence-corrected chi connectivity index (χ1v) is 10.6. The Morgan fingerprint density at radius 2 is 1.90 bits per heavy atom. The molecule has 0 atom stereocenters. The van der Waals surface area contributed by atoms with Crippen LogP contribution < -0.4 is 15.8 Å². The number of hydrogen-bond acceptors (Lipinski definition) is 7. The standard InChI is InChI=1S/C23H28N6O2/c1-17-6-5-7-18(16-17)21(30)29-22(24)26-23(27-29)25-19-8-10-20(11-9-19)31-15-14-28-12-3-2-4-13-28/h5-11,16H,2-4,12-15H2,1H3,(H3,24,25,26,27). The number of hydrogen-bond donors (Lipinski definition) is 2. The van der Waals surface area contributed by atoms with Gasteiger partial charge in [-0.05, 0) is 69.3 Å². The molecule has 0 unspecified atom stereocenters. The quantitative estimate of drug-likeness (QED) is 0.604. The van der Waals surface area contributed by atoms with Crippen molar-refractivity contribution in [1.82, 2.24) is 19.7 Å². The number of carbonyl (C=O) groups excluding carboxylic acids is 1. The van der Waals surface area contributed by atoms with Crippen molar-refractivity contribution in [2.24, 2.45) is 0 Å². The minimum Gasteiger partial charge on any atom is -0.492 e. The molecule has 1 saturated heterocycles. The monoisotopic (exact) mass is 420 g/mol. The van der Waals surface area contributed by atoms with Crippen LogP contribution in [0.4, 0.5) is 17.6 Å². The largest absolute Gasteiger partial charge is 0.492 e. The molecule has 8 heteroatoms. The second-order valence-electron chi connectivity index (χ2n) is 7.78. The Labute approximate surface area is 182 Å². The van der Waals surface area contributed by atoms with Crippen LogP contribution in [-0.4, -0.2) is 51.8 Å². The topological polar surface area (TPSA) is 98.3 Å².